The molecule has 7 nitrogen and oxygen atoms in total. The number of nitrogens with zero attached hydrogens (tertiary/aromatic N) is 2. The molecule has 4 N–H and O–H groups in total. The lowest BCUT2D eigenvalue weighted by Gasteiger charge is -2.21. The summed E-state index contributed by atoms with van der Waals surface area (Å²) in [6, 6.07) is 3.00. The highest BCUT2D eigenvalue weighted by Gasteiger charge is 2.17. The van der Waals surface area contributed by atoms with Crippen molar-refractivity contribution < 1.29 is 14.7 Å². The van der Waals surface area contributed by atoms with E-state index in [2.05, 4.69) is 15.5 Å². The van der Waals surface area contributed by atoms with Crippen LogP contribution >= 0.6 is 0 Å². The molecule has 0 saturated carbocycles. The van der Waals surface area contributed by atoms with Crippen LogP contribution in [0.1, 0.15) is 29.9 Å². The number of carbonyl (C=O) groups is 1. The molecule has 0 saturated heterocycles. The lowest BCUT2D eigenvalue weighted by Crippen LogP contribution is -2.42. The topological polar surface area (TPSA) is 110 Å². The van der Waals surface area contributed by atoms with Crippen molar-refractivity contribution in [2.24, 2.45) is 16.8 Å². The first-order chi connectivity index (χ1) is 9.49. The molecule has 1 unspecified atom stereocenters. The average Bonchev–Trinajstić information content (AvgIpc) is 2.45. The molecular formula is C13H20N4O3. The molecule has 0 aliphatic rings. The van der Waals surface area contributed by atoms with Gasteiger partial charge in [0.25, 0.3) is 5.91 Å². The molecule has 1 aromatic heterocycles. The van der Waals surface area contributed by atoms with Crippen LogP contribution in [0, 0.1) is 5.92 Å². The zero-order valence-electron chi connectivity index (χ0n) is 11.8. The van der Waals surface area contributed by atoms with Crippen molar-refractivity contribution in [1.29, 1.82) is 0 Å². The molecule has 0 aromatic carbocycles. The zero-order valence-corrected chi connectivity index (χ0v) is 11.8. The quantitative estimate of drug-likeness (QED) is 0.305. The fraction of sp³-hybridized carbons (Fsp3) is 0.462. The van der Waals surface area contributed by atoms with Gasteiger partial charge in [0.15, 0.2) is 5.84 Å². The summed E-state index contributed by atoms with van der Waals surface area (Å²) in [6.07, 6.45) is 1.38. The van der Waals surface area contributed by atoms with Crippen LogP contribution in [0.4, 0.5) is 0 Å². The number of hydrogen-bond donors (Lipinski definition) is 3. The van der Waals surface area contributed by atoms with Crippen molar-refractivity contribution in [3.05, 3.63) is 29.6 Å². The maximum absolute atomic E-state index is 12.0. The van der Waals surface area contributed by atoms with Crippen molar-refractivity contribution >= 4 is 11.7 Å². The summed E-state index contributed by atoms with van der Waals surface area (Å²) in [5, 5.41) is 14.3. The minimum atomic E-state index is -0.285. The van der Waals surface area contributed by atoms with Gasteiger partial charge < -0.3 is 21.0 Å². The smallest absolute Gasteiger partial charge is 0.270 e. The molecule has 1 aromatic rings. The Kier molecular flexibility index (Phi) is 5.92. The van der Waals surface area contributed by atoms with Crippen LogP contribution in [0.3, 0.4) is 0 Å². The molecule has 7 heteroatoms. The molecule has 1 heterocycles. The van der Waals surface area contributed by atoms with Gasteiger partial charge in [-0.2, -0.15) is 0 Å². The number of amides is 1. The standard InChI is InChI=1S/C13H20N4O3/c1-8(2)11(7-20-3)16-13(18)10-5-4-9(6-15-10)12(14)17-19/h4-6,8,11,19H,7H2,1-3H3,(H2,14,17)(H,16,18). The van der Waals surface area contributed by atoms with Crippen LogP contribution in [-0.4, -0.2) is 41.7 Å². The summed E-state index contributed by atoms with van der Waals surface area (Å²) in [6.45, 7) is 4.43. The summed E-state index contributed by atoms with van der Waals surface area (Å²) in [5.74, 6) is -0.0916. The van der Waals surface area contributed by atoms with Gasteiger partial charge in [0, 0.05) is 18.9 Å². The minimum Gasteiger partial charge on any atom is -0.409 e. The van der Waals surface area contributed by atoms with Gasteiger partial charge in [-0.15, -0.1) is 0 Å². The Labute approximate surface area is 117 Å². The van der Waals surface area contributed by atoms with E-state index in [-0.39, 0.29) is 29.4 Å². The lowest BCUT2D eigenvalue weighted by molar-refractivity contribution is 0.0862. The molecule has 0 bridgehead atoms. The van der Waals surface area contributed by atoms with Crippen LogP contribution in [0.25, 0.3) is 0 Å². The third-order valence-corrected chi connectivity index (χ3v) is 2.87. The first kappa shape index (κ1) is 15.9. The van der Waals surface area contributed by atoms with Crippen molar-refractivity contribution in [2.45, 2.75) is 19.9 Å². The third-order valence-electron chi connectivity index (χ3n) is 2.87. The number of ether oxygens (including phenoxy) is 1. The van der Waals surface area contributed by atoms with E-state index in [1.54, 1.807) is 13.2 Å². The van der Waals surface area contributed by atoms with Gasteiger partial charge in [-0.1, -0.05) is 19.0 Å². The van der Waals surface area contributed by atoms with Gasteiger partial charge in [-0.05, 0) is 18.1 Å². The number of pyridine rings is 1. The number of oxime groups is 1. The second kappa shape index (κ2) is 7.44. The molecule has 1 atom stereocenters. The Hall–Kier alpha value is -2.15. The van der Waals surface area contributed by atoms with Crippen LogP contribution in [0.15, 0.2) is 23.5 Å². The largest absolute Gasteiger partial charge is 0.409 e. The Morgan fingerprint density at radius 3 is 2.70 bits per heavy atom. The summed E-state index contributed by atoms with van der Waals surface area (Å²) >= 11 is 0. The van der Waals surface area contributed by atoms with Gasteiger partial charge in [-0.3, -0.25) is 9.78 Å². The monoisotopic (exact) mass is 280 g/mol. The number of methoxy groups -OCH3 is 1. The number of carbonyl (C=O) groups excluding carboxylic acids is 1. The summed E-state index contributed by atoms with van der Waals surface area (Å²) < 4.78 is 5.07. The first-order valence-electron chi connectivity index (χ1n) is 6.23. The third kappa shape index (κ3) is 4.20. The SMILES string of the molecule is COCC(NC(=O)c1ccc(C(N)=NO)cn1)C(C)C. The Morgan fingerprint density at radius 2 is 2.25 bits per heavy atom. The van der Waals surface area contributed by atoms with Crippen molar-refractivity contribution in [3.63, 3.8) is 0 Å². The van der Waals surface area contributed by atoms with E-state index in [9.17, 15) is 4.79 Å². The van der Waals surface area contributed by atoms with E-state index < -0.39 is 0 Å². The van der Waals surface area contributed by atoms with E-state index in [4.69, 9.17) is 15.7 Å². The number of nitrogens with two attached hydrogens (primary N) is 1. The van der Waals surface area contributed by atoms with Crippen LogP contribution in [0.5, 0.6) is 0 Å². The fourth-order valence-corrected chi connectivity index (χ4v) is 1.56. The zero-order chi connectivity index (χ0) is 15.1. The molecule has 0 radical (unpaired) electrons. The van der Waals surface area contributed by atoms with Gasteiger partial charge in [0.2, 0.25) is 0 Å². The molecule has 20 heavy (non-hydrogen) atoms. The van der Waals surface area contributed by atoms with Crippen LogP contribution in [0.2, 0.25) is 0 Å². The van der Waals surface area contributed by atoms with Crippen LogP contribution < -0.4 is 11.1 Å². The Balaban J connectivity index is 2.77. The van der Waals surface area contributed by atoms with E-state index in [1.807, 2.05) is 13.8 Å². The molecular weight excluding hydrogens is 260 g/mol. The van der Waals surface area contributed by atoms with E-state index in [0.717, 1.165) is 0 Å². The van der Waals surface area contributed by atoms with Gasteiger partial charge >= 0.3 is 0 Å². The van der Waals surface area contributed by atoms with Gasteiger partial charge in [-0.25, -0.2) is 0 Å². The normalized spacial score (nSPS) is 13.3. The number of nitrogens with one attached hydrogen (secondary N) is 1. The minimum absolute atomic E-state index is 0.0519. The highest BCUT2D eigenvalue weighted by molar-refractivity contribution is 5.98. The highest BCUT2D eigenvalue weighted by atomic mass is 16.5. The molecule has 0 fully saturated rings. The van der Waals surface area contributed by atoms with Gasteiger partial charge in [0.1, 0.15) is 5.69 Å². The molecule has 0 aliphatic carbocycles. The van der Waals surface area contributed by atoms with Gasteiger partial charge in [0.05, 0.1) is 12.6 Å². The lowest BCUT2D eigenvalue weighted by atomic mass is 10.1. The van der Waals surface area contributed by atoms with Crippen molar-refractivity contribution in [2.75, 3.05) is 13.7 Å². The summed E-state index contributed by atoms with van der Waals surface area (Å²) in [5.41, 5.74) is 6.13. The molecule has 0 spiro atoms. The average molecular weight is 280 g/mol. The number of aromatic nitrogens is 1. The number of amidine groups is 1. The molecule has 1 rings (SSSR count). The maximum Gasteiger partial charge on any atom is 0.270 e. The predicted octanol–water partition coefficient (Wildman–Crippen LogP) is 0.577. The maximum atomic E-state index is 12.0. The van der Waals surface area contributed by atoms with E-state index in [0.29, 0.717) is 12.2 Å². The van der Waals surface area contributed by atoms with Crippen molar-refractivity contribution in [1.82, 2.24) is 10.3 Å². The Morgan fingerprint density at radius 1 is 1.55 bits per heavy atom. The number of hydrogen-bond acceptors (Lipinski definition) is 5. The van der Waals surface area contributed by atoms with E-state index in [1.165, 1.54) is 12.3 Å². The van der Waals surface area contributed by atoms with Crippen LogP contribution in [-0.2, 0) is 4.74 Å². The highest BCUT2D eigenvalue weighted by Crippen LogP contribution is 2.05. The van der Waals surface area contributed by atoms with Crippen molar-refractivity contribution in [3.8, 4) is 0 Å². The number of rotatable bonds is 6. The fourth-order valence-electron chi connectivity index (χ4n) is 1.56. The molecule has 1 amide bonds. The Bertz CT molecular complexity index is 471. The first-order valence-corrected chi connectivity index (χ1v) is 6.23. The molecule has 110 valence electrons. The second-order valence-electron chi connectivity index (χ2n) is 4.70. The summed E-state index contributed by atoms with van der Waals surface area (Å²) in [4.78, 5) is 16.0. The predicted molar refractivity (Wildman–Crippen MR) is 74.7 cm³/mol. The second-order valence-corrected chi connectivity index (χ2v) is 4.70. The summed E-state index contributed by atoms with van der Waals surface area (Å²) in [7, 11) is 1.59. The molecule has 0 aliphatic heterocycles. The van der Waals surface area contributed by atoms with E-state index >= 15 is 0 Å².